The molecule has 160 valence electrons. The van der Waals surface area contributed by atoms with Crippen molar-refractivity contribution in [2.75, 3.05) is 0 Å². The largest absolute Gasteiger partial charge is 0.459 e. The lowest BCUT2D eigenvalue weighted by molar-refractivity contribution is -0.144. The highest BCUT2D eigenvalue weighted by Crippen LogP contribution is 2.43. The van der Waals surface area contributed by atoms with Crippen LogP contribution in [0.2, 0.25) is 0 Å². The van der Waals surface area contributed by atoms with E-state index in [4.69, 9.17) is 4.74 Å². The van der Waals surface area contributed by atoms with E-state index in [9.17, 15) is 9.59 Å². The lowest BCUT2D eigenvalue weighted by Gasteiger charge is -2.34. The van der Waals surface area contributed by atoms with Crippen LogP contribution in [0.1, 0.15) is 89.7 Å². The second kappa shape index (κ2) is 8.05. The first kappa shape index (κ1) is 20.9. The van der Waals surface area contributed by atoms with E-state index in [1.807, 2.05) is 6.92 Å². The van der Waals surface area contributed by atoms with Gasteiger partial charge in [0, 0.05) is 29.3 Å². The minimum Gasteiger partial charge on any atom is -0.459 e. The lowest BCUT2D eigenvalue weighted by atomic mass is 9.74. The summed E-state index contributed by atoms with van der Waals surface area (Å²) in [6.45, 7) is 8.50. The summed E-state index contributed by atoms with van der Waals surface area (Å²) in [5.41, 5.74) is 5.42. The van der Waals surface area contributed by atoms with Gasteiger partial charge >= 0.3 is 5.97 Å². The molecule has 1 aromatic rings. The van der Waals surface area contributed by atoms with Gasteiger partial charge in [-0.2, -0.15) is 0 Å². The number of allylic oxidation sites excluding steroid dienone is 3. The molecule has 1 atom stereocenters. The molecule has 0 radical (unpaired) electrons. The molecule has 4 nitrogen and oxygen atoms in total. The number of nitrogens with one attached hydrogen (secondary N) is 1. The van der Waals surface area contributed by atoms with Crippen molar-refractivity contribution in [3.8, 4) is 0 Å². The molecule has 1 fully saturated rings. The molecule has 0 spiro atoms. The van der Waals surface area contributed by atoms with Crippen LogP contribution in [0.4, 0.5) is 0 Å². The van der Waals surface area contributed by atoms with Gasteiger partial charge in [0.05, 0.1) is 5.57 Å². The van der Waals surface area contributed by atoms with Gasteiger partial charge in [0.2, 0.25) is 0 Å². The Morgan fingerprint density at radius 1 is 1.03 bits per heavy atom. The Morgan fingerprint density at radius 2 is 1.70 bits per heavy atom. The zero-order valence-electron chi connectivity index (χ0n) is 18.6. The normalized spacial score (nSPS) is 22.8. The van der Waals surface area contributed by atoms with Crippen molar-refractivity contribution < 1.29 is 14.3 Å². The zero-order valence-corrected chi connectivity index (χ0v) is 18.6. The molecule has 1 aliphatic heterocycles. The molecule has 0 aromatic heterocycles. The van der Waals surface area contributed by atoms with E-state index in [1.54, 1.807) is 0 Å². The quantitative estimate of drug-likeness (QED) is 0.678. The van der Waals surface area contributed by atoms with Crippen molar-refractivity contribution in [3.05, 3.63) is 57.9 Å². The minimum absolute atomic E-state index is 0.000787. The Balaban J connectivity index is 1.75. The minimum atomic E-state index is -0.350. The molecular formula is C26H33NO3. The summed E-state index contributed by atoms with van der Waals surface area (Å²) in [5, 5.41) is 3.38. The summed E-state index contributed by atoms with van der Waals surface area (Å²) >= 11 is 0. The number of Topliss-reactive ketones (excluding diaryl/α,β-unsaturated/α-hetero) is 1. The molecule has 30 heavy (non-hydrogen) atoms. The Hall–Kier alpha value is -2.36. The van der Waals surface area contributed by atoms with Gasteiger partial charge < -0.3 is 10.1 Å². The molecule has 4 rings (SSSR count). The fourth-order valence-corrected chi connectivity index (χ4v) is 4.98. The average Bonchev–Trinajstić information content (AvgIpc) is 3.19. The van der Waals surface area contributed by atoms with Gasteiger partial charge in [-0.05, 0) is 62.0 Å². The zero-order chi connectivity index (χ0) is 21.5. The number of benzene rings is 1. The molecule has 1 saturated carbocycles. The Bertz CT molecular complexity index is 909. The number of ketones is 1. The monoisotopic (exact) mass is 407 g/mol. The third-order valence-electron chi connectivity index (χ3n) is 6.68. The van der Waals surface area contributed by atoms with E-state index in [0.717, 1.165) is 61.1 Å². The van der Waals surface area contributed by atoms with Crippen LogP contribution in [0, 0.1) is 0 Å². The maximum absolute atomic E-state index is 13.3. The number of carbonyl (C=O) groups excluding carboxylic acids is 2. The molecule has 1 heterocycles. The predicted octanol–water partition coefficient (Wildman–Crippen LogP) is 5.44. The van der Waals surface area contributed by atoms with Crippen LogP contribution in [0.5, 0.6) is 0 Å². The molecular weight excluding hydrogens is 374 g/mol. The number of carbonyl (C=O) groups is 2. The van der Waals surface area contributed by atoms with Crippen molar-refractivity contribution in [2.45, 2.75) is 90.1 Å². The molecule has 1 unspecified atom stereocenters. The van der Waals surface area contributed by atoms with Crippen molar-refractivity contribution in [2.24, 2.45) is 0 Å². The van der Waals surface area contributed by atoms with Crippen LogP contribution in [0.15, 0.2) is 46.8 Å². The van der Waals surface area contributed by atoms with E-state index in [1.165, 1.54) is 5.56 Å². The van der Waals surface area contributed by atoms with E-state index in [0.29, 0.717) is 12.0 Å². The fraction of sp³-hybridized carbons (Fsp3) is 0.538. The van der Waals surface area contributed by atoms with E-state index >= 15 is 0 Å². The highest BCUT2D eigenvalue weighted by molar-refractivity contribution is 6.03. The van der Waals surface area contributed by atoms with Crippen LogP contribution < -0.4 is 5.32 Å². The molecule has 4 heteroatoms. The van der Waals surface area contributed by atoms with Gasteiger partial charge in [-0.15, -0.1) is 0 Å². The average molecular weight is 408 g/mol. The Morgan fingerprint density at radius 3 is 2.33 bits per heavy atom. The summed E-state index contributed by atoms with van der Waals surface area (Å²) in [5.74, 6) is -0.481. The Kier molecular flexibility index (Phi) is 5.61. The maximum atomic E-state index is 13.3. The number of hydrogen-bond donors (Lipinski definition) is 1. The van der Waals surface area contributed by atoms with Crippen LogP contribution >= 0.6 is 0 Å². The van der Waals surface area contributed by atoms with Crippen LogP contribution in [-0.4, -0.2) is 17.9 Å². The van der Waals surface area contributed by atoms with Gasteiger partial charge in [0.25, 0.3) is 0 Å². The van der Waals surface area contributed by atoms with Crippen LogP contribution in [0.3, 0.4) is 0 Å². The number of ether oxygens (including phenoxy) is 1. The van der Waals surface area contributed by atoms with E-state index in [2.05, 4.69) is 50.4 Å². The summed E-state index contributed by atoms with van der Waals surface area (Å²) in [4.78, 5) is 26.3. The van der Waals surface area contributed by atoms with Gasteiger partial charge in [0.15, 0.2) is 5.78 Å². The topological polar surface area (TPSA) is 55.4 Å². The first-order valence-electron chi connectivity index (χ1n) is 11.3. The van der Waals surface area contributed by atoms with Gasteiger partial charge in [-0.25, -0.2) is 4.79 Å². The molecule has 3 aliphatic rings. The van der Waals surface area contributed by atoms with Gasteiger partial charge in [-0.3, -0.25) is 4.79 Å². The van der Waals surface area contributed by atoms with Crippen LogP contribution in [0.25, 0.3) is 0 Å². The highest BCUT2D eigenvalue weighted by Gasteiger charge is 2.39. The fourth-order valence-electron chi connectivity index (χ4n) is 4.98. The third kappa shape index (κ3) is 3.97. The second-order valence-electron chi connectivity index (χ2n) is 9.95. The second-order valence-corrected chi connectivity index (χ2v) is 9.95. The summed E-state index contributed by atoms with van der Waals surface area (Å²) in [6.07, 6.45) is 6.34. The predicted molar refractivity (Wildman–Crippen MR) is 118 cm³/mol. The highest BCUT2D eigenvalue weighted by atomic mass is 16.5. The molecule has 0 saturated heterocycles. The smallest absolute Gasteiger partial charge is 0.337 e. The summed E-state index contributed by atoms with van der Waals surface area (Å²) in [7, 11) is 0. The number of esters is 1. The molecule has 1 N–H and O–H groups in total. The van der Waals surface area contributed by atoms with E-state index in [-0.39, 0.29) is 29.2 Å². The molecule has 2 aliphatic carbocycles. The molecule has 0 bridgehead atoms. The van der Waals surface area contributed by atoms with Crippen molar-refractivity contribution in [1.29, 1.82) is 0 Å². The van der Waals surface area contributed by atoms with Crippen molar-refractivity contribution >= 4 is 11.8 Å². The SMILES string of the molecule is CC1=C(C(=O)OC2CCCC2)C(c2ccc(C(C)(C)C)cc2)C2=C(CCCC2=O)N1. The first-order valence-corrected chi connectivity index (χ1v) is 11.3. The number of rotatable bonds is 3. The van der Waals surface area contributed by atoms with Gasteiger partial charge in [-0.1, -0.05) is 45.0 Å². The maximum Gasteiger partial charge on any atom is 0.337 e. The van der Waals surface area contributed by atoms with Crippen molar-refractivity contribution in [3.63, 3.8) is 0 Å². The van der Waals surface area contributed by atoms with E-state index < -0.39 is 0 Å². The van der Waals surface area contributed by atoms with Gasteiger partial charge in [0.1, 0.15) is 6.10 Å². The number of hydrogen-bond acceptors (Lipinski definition) is 4. The Labute approximate surface area is 179 Å². The van der Waals surface area contributed by atoms with Crippen molar-refractivity contribution in [1.82, 2.24) is 5.32 Å². The number of dihydropyridines is 1. The summed E-state index contributed by atoms with van der Waals surface area (Å²) in [6, 6.07) is 8.42. The summed E-state index contributed by atoms with van der Waals surface area (Å²) < 4.78 is 5.90. The lowest BCUT2D eigenvalue weighted by Crippen LogP contribution is -2.35. The third-order valence-corrected chi connectivity index (χ3v) is 6.68. The standard InChI is InChI=1S/C26H33NO3/c1-16-22(25(29)30-19-8-5-6-9-19)23(24-20(27-16)10-7-11-21(24)28)17-12-14-18(15-13-17)26(2,3)4/h12-15,19,23,27H,5-11H2,1-4H3. The molecule has 0 amide bonds. The van der Waals surface area contributed by atoms with Crippen LogP contribution in [-0.2, 0) is 19.7 Å². The molecule has 1 aromatic carbocycles. The first-order chi connectivity index (χ1) is 14.3.